The van der Waals surface area contributed by atoms with Crippen LogP contribution >= 0.6 is 11.8 Å². The largest absolute Gasteiger partial charge is 0.492 e. The minimum atomic E-state index is -0.111. The Bertz CT molecular complexity index is 950. The molecule has 4 nitrogen and oxygen atoms in total. The number of thioether (sulfide) groups is 1. The number of ether oxygens (including phenoxy) is 1. The number of para-hydroxylation sites is 1. The summed E-state index contributed by atoms with van der Waals surface area (Å²) in [6.07, 6.45) is 0. The normalized spacial score (nSPS) is 10.1. The second kappa shape index (κ2) is 10.2. The average Bonchev–Trinajstić information content (AvgIpc) is 2.76. The number of benzene rings is 3. The van der Waals surface area contributed by atoms with Gasteiger partial charge >= 0.3 is 0 Å². The van der Waals surface area contributed by atoms with Crippen LogP contribution in [0.2, 0.25) is 0 Å². The lowest BCUT2D eigenvalue weighted by Crippen LogP contribution is -2.28. The van der Waals surface area contributed by atoms with Crippen molar-refractivity contribution in [1.29, 1.82) is 5.26 Å². The SMILES string of the molecule is N#Cc1ccc(CSc2ccccc2C(=O)NCCOc2ccccc2)cc1. The van der Waals surface area contributed by atoms with Crippen molar-refractivity contribution in [3.8, 4) is 11.8 Å². The molecular formula is C23H20N2O2S. The Kier molecular flexibility index (Phi) is 7.11. The van der Waals surface area contributed by atoms with E-state index in [1.807, 2.05) is 66.7 Å². The number of nitrogens with zero attached hydrogens (tertiary/aromatic N) is 1. The molecule has 5 heteroatoms. The molecule has 0 fully saturated rings. The van der Waals surface area contributed by atoms with E-state index in [2.05, 4.69) is 11.4 Å². The van der Waals surface area contributed by atoms with Gasteiger partial charge in [-0.05, 0) is 42.0 Å². The summed E-state index contributed by atoms with van der Waals surface area (Å²) in [4.78, 5) is 13.5. The van der Waals surface area contributed by atoms with E-state index < -0.39 is 0 Å². The molecule has 0 spiro atoms. The summed E-state index contributed by atoms with van der Waals surface area (Å²) in [6.45, 7) is 0.846. The maximum atomic E-state index is 12.6. The van der Waals surface area contributed by atoms with Gasteiger partial charge in [0.15, 0.2) is 0 Å². The number of rotatable bonds is 8. The van der Waals surface area contributed by atoms with Crippen LogP contribution in [0.25, 0.3) is 0 Å². The van der Waals surface area contributed by atoms with Crippen LogP contribution in [-0.2, 0) is 5.75 Å². The zero-order valence-corrected chi connectivity index (χ0v) is 16.1. The van der Waals surface area contributed by atoms with Crippen molar-refractivity contribution in [2.24, 2.45) is 0 Å². The summed E-state index contributed by atoms with van der Waals surface area (Å²) in [5.74, 6) is 1.40. The fraction of sp³-hybridized carbons (Fsp3) is 0.130. The smallest absolute Gasteiger partial charge is 0.252 e. The highest BCUT2D eigenvalue weighted by Crippen LogP contribution is 2.26. The molecule has 28 heavy (non-hydrogen) atoms. The Labute approximate surface area is 169 Å². The van der Waals surface area contributed by atoms with Gasteiger partial charge in [-0.1, -0.05) is 42.5 Å². The second-order valence-corrected chi connectivity index (χ2v) is 7.03. The maximum absolute atomic E-state index is 12.6. The highest BCUT2D eigenvalue weighted by Gasteiger charge is 2.11. The predicted molar refractivity (Wildman–Crippen MR) is 111 cm³/mol. The third-order valence-corrected chi connectivity index (χ3v) is 5.15. The lowest BCUT2D eigenvalue weighted by Gasteiger charge is -2.11. The molecule has 0 aliphatic rings. The van der Waals surface area contributed by atoms with Gasteiger partial charge in [0, 0.05) is 10.6 Å². The van der Waals surface area contributed by atoms with Crippen LogP contribution in [0.4, 0.5) is 0 Å². The van der Waals surface area contributed by atoms with Crippen molar-refractivity contribution in [3.63, 3.8) is 0 Å². The van der Waals surface area contributed by atoms with Crippen LogP contribution in [0.5, 0.6) is 5.75 Å². The van der Waals surface area contributed by atoms with E-state index in [1.165, 1.54) is 0 Å². The summed E-state index contributed by atoms with van der Waals surface area (Å²) in [5, 5.41) is 11.8. The van der Waals surface area contributed by atoms with E-state index in [0.29, 0.717) is 24.3 Å². The average molecular weight is 388 g/mol. The molecular weight excluding hydrogens is 368 g/mol. The predicted octanol–water partition coefficient (Wildman–Crippen LogP) is 4.66. The molecule has 0 heterocycles. The minimum absolute atomic E-state index is 0.111. The summed E-state index contributed by atoms with van der Waals surface area (Å²) < 4.78 is 5.60. The first-order valence-corrected chi connectivity index (χ1v) is 9.92. The molecule has 0 aliphatic carbocycles. The lowest BCUT2D eigenvalue weighted by molar-refractivity contribution is 0.0944. The van der Waals surface area contributed by atoms with Crippen molar-refractivity contribution in [2.75, 3.05) is 13.2 Å². The maximum Gasteiger partial charge on any atom is 0.252 e. The van der Waals surface area contributed by atoms with Gasteiger partial charge in [0.2, 0.25) is 0 Å². The molecule has 0 aromatic heterocycles. The van der Waals surface area contributed by atoms with E-state index in [-0.39, 0.29) is 5.91 Å². The quantitative estimate of drug-likeness (QED) is 0.450. The molecule has 1 amide bonds. The molecule has 0 bridgehead atoms. The molecule has 0 saturated carbocycles. The first kappa shape index (κ1) is 19.5. The third kappa shape index (κ3) is 5.63. The number of hydrogen-bond acceptors (Lipinski definition) is 4. The van der Waals surface area contributed by atoms with E-state index >= 15 is 0 Å². The summed E-state index contributed by atoms with van der Waals surface area (Å²) in [6, 6.07) is 26.7. The molecule has 3 aromatic rings. The van der Waals surface area contributed by atoms with Crippen LogP contribution in [0.1, 0.15) is 21.5 Å². The summed E-state index contributed by atoms with van der Waals surface area (Å²) >= 11 is 1.60. The number of hydrogen-bond donors (Lipinski definition) is 1. The topological polar surface area (TPSA) is 62.1 Å². The van der Waals surface area contributed by atoms with Crippen LogP contribution in [0.15, 0.2) is 83.8 Å². The molecule has 0 aliphatic heterocycles. The minimum Gasteiger partial charge on any atom is -0.492 e. The zero-order chi connectivity index (χ0) is 19.6. The zero-order valence-electron chi connectivity index (χ0n) is 15.3. The van der Waals surface area contributed by atoms with Crippen LogP contribution < -0.4 is 10.1 Å². The molecule has 0 unspecified atom stereocenters. The van der Waals surface area contributed by atoms with Gasteiger partial charge in [-0.15, -0.1) is 11.8 Å². The number of nitriles is 1. The second-order valence-electron chi connectivity index (χ2n) is 6.01. The molecule has 0 atom stereocenters. The molecule has 3 aromatic carbocycles. The Balaban J connectivity index is 1.53. The van der Waals surface area contributed by atoms with Crippen molar-refractivity contribution in [2.45, 2.75) is 10.6 Å². The molecule has 1 N–H and O–H groups in total. The van der Waals surface area contributed by atoms with E-state index in [9.17, 15) is 4.79 Å². The van der Waals surface area contributed by atoms with Crippen molar-refractivity contribution >= 4 is 17.7 Å². The van der Waals surface area contributed by atoms with Crippen LogP contribution in [0, 0.1) is 11.3 Å². The van der Waals surface area contributed by atoms with Crippen molar-refractivity contribution < 1.29 is 9.53 Å². The van der Waals surface area contributed by atoms with E-state index in [4.69, 9.17) is 10.00 Å². The number of carbonyl (C=O) groups excluding carboxylic acids is 1. The van der Waals surface area contributed by atoms with Crippen LogP contribution in [0.3, 0.4) is 0 Å². The van der Waals surface area contributed by atoms with Gasteiger partial charge < -0.3 is 10.1 Å². The van der Waals surface area contributed by atoms with E-state index in [0.717, 1.165) is 22.0 Å². The van der Waals surface area contributed by atoms with Gasteiger partial charge in [0.1, 0.15) is 12.4 Å². The van der Waals surface area contributed by atoms with Crippen LogP contribution in [-0.4, -0.2) is 19.1 Å². The number of carbonyl (C=O) groups is 1. The van der Waals surface area contributed by atoms with Gasteiger partial charge in [-0.25, -0.2) is 0 Å². The molecule has 3 rings (SSSR count). The van der Waals surface area contributed by atoms with E-state index in [1.54, 1.807) is 23.9 Å². The Morgan fingerprint density at radius 1 is 0.964 bits per heavy atom. The van der Waals surface area contributed by atoms with Crippen molar-refractivity contribution in [3.05, 3.63) is 95.6 Å². The highest BCUT2D eigenvalue weighted by molar-refractivity contribution is 7.98. The Morgan fingerprint density at radius 2 is 1.68 bits per heavy atom. The monoisotopic (exact) mass is 388 g/mol. The fourth-order valence-corrected chi connectivity index (χ4v) is 3.57. The number of amides is 1. The number of nitrogens with one attached hydrogen (secondary N) is 1. The molecule has 0 radical (unpaired) electrons. The Hall–Kier alpha value is -3.23. The molecule has 0 saturated heterocycles. The van der Waals surface area contributed by atoms with Gasteiger partial charge in [0.05, 0.1) is 23.7 Å². The first-order valence-electron chi connectivity index (χ1n) is 8.93. The van der Waals surface area contributed by atoms with Gasteiger partial charge in [-0.3, -0.25) is 4.79 Å². The highest BCUT2D eigenvalue weighted by atomic mass is 32.2. The first-order chi connectivity index (χ1) is 13.8. The fourth-order valence-electron chi connectivity index (χ4n) is 2.56. The molecule has 140 valence electrons. The summed E-state index contributed by atoms with van der Waals surface area (Å²) in [7, 11) is 0. The third-order valence-electron chi connectivity index (χ3n) is 4.01. The lowest BCUT2D eigenvalue weighted by atomic mass is 10.2. The van der Waals surface area contributed by atoms with Crippen molar-refractivity contribution in [1.82, 2.24) is 5.32 Å². The standard InChI is InChI=1S/C23H20N2O2S/c24-16-18-10-12-19(13-11-18)17-28-22-9-5-4-8-21(22)23(26)25-14-15-27-20-6-2-1-3-7-20/h1-13H,14-15,17H2,(H,25,26). The Morgan fingerprint density at radius 3 is 2.43 bits per heavy atom. The van der Waals surface area contributed by atoms with Gasteiger partial charge in [-0.2, -0.15) is 5.26 Å². The van der Waals surface area contributed by atoms with Gasteiger partial charge in [0.25, 0.3) is 5.91 Å². The summed E-state index contributed by atoms with van der Waals surface area (Å²) in [5.41, 5.74) is 2.41.